The molecule has 1 unspecified atom stereocenters. The van der Waals surface area contributed by atoms with Crippen molar-refractivity contribution in [2.75, 3.05) is 13.7 Å². The second-order valence-corrected chi connectivity index (χ2v) is 3.93. The fraction of sp³-hybridized carbons (Fsp3) is 0.462. The van der Waals surface area contributed by atoms with Crippen LogP contribution in [0.2, 0.25) is 0 Å². The van der Waals surface area contributed by atoms with Crippen LogP contribution in [0.25, 0.3) is 0 Å². The van der Waals surface area contributed by atoms with E-state index in [-0.39, 0.29) is 5.84 Å². The number of amidine groups is 1. The van der Waals surface area contributed by atoms with Crippen LogP contribution in [0.3, 0.4) is 0 Å². The Hall–Kier alpha value is -1.75. The van der Waals surface area contributed by atoms with E-state index in [0.717, 1.165) is 6.42 Å². The molecular formula is C13H20N2O3. The largest absolute Gasteiger partial charge is 0.482 e. The minimum absolute atomic E-state index is 0.0842. The van der Waals surface area contributed by atoms with Gasteiger partial charge in [0.25, 0.3) is 0 Å². The summed E-state index contributed by atoms with van der Waals surface area (Å²) in [5, 5.41) is 11.6. The molecular weight excluding hydrogens is 232 g/mol. The molecule has 0 amide bonds. The van der Waals surface area contributed by atoms with E-state index in [1.165, 1.54) is 5.56 Å². The Bertz CT molecular complexity index is 376. The summed E-state index contributed by atoms with van der Waals surface area (Å²) in [6.45, 7) is 2.61. The predicted molar refractivity (Wildman–Crippen MR) is 70.1 cm³/mol. The van der Waals surface area contributed by atoms with Crippen molar-refractivity contribution in [1.29, 1.82) is 0 Å². The highest BCUT2D eigenvalue weighted by Crippen LogP contribution is 2.15. The van der Waals surface area contributed by atoms with Gasteiger partial charge in [-0.05, 0) is 30.5 Å². The van der Waals surface area contributed by atoms with Gasteiger partial charge in [-0.25, -0.2) is 0 Å². The normalized spacial score (nSPS) is 13.3. The summed E-state index contributed by atoms with van der Waals surface area (Å²) in [5.74, 6) is 0.788. The number of nitrogens with two attached hydrogens (primary N) is 1. The van der Waals surface area contributed by atoms with Gasteiger partial charge in [-0.3, -0.25) is 0 Å². The number of oxime groups is 1. The van der Waals surface area contributed by atoms with Crippen molar-refractivity contribution in [1.82, 2.24) is 0 Å². The van der Waals surface area contributed by atoms with Crippen LogP contribution in [-0.2, 0) is 11.2 Å². The third-order valence-corrected chi connectivity index (χ3v) is 2.61. The number of ether oxygens (including phenoxy) is 2. The van der Waals surface area contributed by atoms with Gasteiger partial charge in [-0.1, -0.05) is 24.2 Å². The first-order chi connectivity index (χ1) is 8.71. The van der Waals surface area contributed by atoms with Crippen LogP contribution < -0.4 is 10.5 Å². The molecule has 3 N–H and O–H groups in total. The van der Waals surface area contributed by atoms with Crippen molar-refractivity contribution in [3.8, 4) is 5.75 Å². The molecule has 1 aromatic carbocycles. The number of nitrogens with zero attached hydrogens (tertiary/aromatic N) is 1. The SMILES string of the molecule is CCC(Oc1ccc(CCOC)cc1)C(N)=NO. The maximum Gasteiger partial charge on any atom is 0.180 e. The van der Waals surface area contributed by atoms with Gasteiger partial charge in [-0.15, -0.1) is 0 Å². The van der Waals surface area contributed by atoms with Crippen molar-refractivity contribution >= 4 is 5.84 Å². The van der Waals surface area contributed by atoms with Crippen LogP contribution in [0, 0.1) is 0 Å². The van der Waals surface area contributed by atoms with E-state index in [1.54, 1.807) is 7.11 Å². The van der Waals surface area contributed by atoms with E-state index in [1.807, 2.05) is 31.2 Å². The molecule has 0 saturated carbocycles. The summed E-state index contributed by atoms with van der Waals surface area (Å²) < 4.78 is 10.6. The zero-order valence-electron chi connectivity index (χ0n) is 10.8. The Morgan fingerprint density at radius 1 is 1.39 bits per heavy atom. The van der Waals surface area contributed by atoms with Crippen LogP contribution in [0.15, 0.2) is 29.4 Å². The number of hydrogen-bond acceptors (Lipinski definition) is 4. The number of benzene rings is 1. The van der Waals surface area contributed by atoms with Crippen molar-refractivity contribution in [3.63, 3.8) is 0 Å². The van der Waals surface area contributed by atoms with E-state index in [9.17, 15) is 0 Å². The lowest BCUT2D eigenvalue weighted by atomic mass is 10.1. The molecule has 0 aliphatic rings. The minimum Gasteiger partial charge on any atom is -0.482 e. The van der Waals surface area contributed by atoms with E-state index < -0.39 is 6.10 Å². The summed E-state index contributed by atoms with van der Waals surface area (Å²) in [5.41, 5.74) is 6.71. The molecule has 100 valence electrons. The molecule has 1 rings (SSSR count). The van der Waals surface area contributed by atoms with E-state index in [0.29, 0.717) is 18.8 Å². The molecule has 1 atom stereocenters. The van der Waals surface area contributed by atoms with E-state index >= 15 is 0 Å². The molecule has 0 radical (unpaired) electrons. The van der Waals surface area contributed by atoms with Crippen molar-refractivity contribution in [2.45, 2.75) is 25.9 Å². The molecule has 0 aromatic heterocycles. The minimum atomic E-state index is -0.403. The van der Waals surface area contributed by atoms with Gasteiger partial charge in [-0.2, -0.15) is 0 Å². The second-order valence-electron chi connectivity index (χ2n) is 3.93. The van der Waals surface area contributed by atoms with Gasteiger partial charge in [0.15, 0.2) is 11.9 Å². The number of rotatable bonds is 7. The topological polar surface area (TPSA) is 77.1 Å². The van der Waals surface area contributed by atoms with Gasteiger partial charge in [0.2, 0.25) is 0 Å². The Labute approximate surface area is 107 Å². The average molecular weight is 252 g/mol. The Morgan fingerprint density at radius 3 is 2.56 bits per heavy atom. The van der Waals surface area contributed by atoms with Crippen molar-refractivity contribution in [3.05, 3.63) is 29.8 Å². The van der Waals surface area contributed by atoms with E-state index in [4.69, 9.17) is 20.4 Å². The van der Waals surface area contributed by atoms with Gasteiger partial charge in [0.05, 0.1) is 6.61 Å². The maximum absolute atomic E-state index is 8.62. The Morgan fingerprint density at radius 2 is 2.06 bits per heavy atom. The first kappa shape index (κ1) is 14.3. The monoisotopic (exact) mass is 252 g/mol. The van der Waals surface area contributed by atoms with Gasteiger partial charge >= 0.3 is 0 Å². The van der Waals surface area contributed by atoms with Crippen molar-refractivity contribution in [2.24, 2.45) is 10.9 Å². The molecule has 0 aliphatic heterocycles. The highest BCUT2D eigenvalue weighted by atomic mass is 16.5. The second kappa shape index (κ2) is 7.55. The fourth-order valence-electron chi connectivity index (χ4n) is 1.54. The first-order valence-electron chi connectivity index (χ1n) is 5.93. The van der Waals surface area contributed by atoms with E-state index in [2.05, 4.69) is 5.16 Å². The van der Waals surface area contributed by atoms with Crippen LogP contribution in [0.1, 0.15) is 18.9 Å². The lowest BCUT2D eigenvalue weighted by molar-refractivity contribution is 0.202. The zero-order valence-corrected chi connectivity index (χ0v) is 10.8. The number of hydrogen-bond donors (Lipinski definition) is 2. The molecule has 0 aliphatic carbocycles. The summed E-state index contributed by atoms with van der Waals surface area (Å²) >= 11 is 0. The third-order valence-electron chi connectivity index (χ3n) is 2.61. The molecule has 5 nitrogen and oxygen atoms in total. The third kappa shape index (κ3) is 4.25. The van der Waals surface area contributed by atoms with Gasteiger partial charge in [0, 0.05) is 7.11 Å². The summed E-state index contributed by atoms with van der Waals surface area (Å²) in [7, 11) is 1.68. The lowest BCUT2D eigenvalue weighted by Gasteiger charge is -2.16. The highest BCUT2D eigenvalue weighted by Gasteiger charge is 2.13. The van der Waals surface area contributed by atoms with Crippen LogP contribution in [0.5, 0.6) is 5.75 Å². The number of methoxy groups -OCH3 is 1. The highest BCUT2D eigenvalue weighted by molar-refractivity contribution is 5.84. The summed E-state index contributed by atoms with van der Waals surface area (Å²) in [4.78, 5) is 0. The standard InChI is InChI=1S/C13H20N2O3/c1-3-12(13(14)15-16)18-11-6-4-10(5-7-11)8-9-17-2/h4-7,12,16H,3,8-9H2,1-2H3,(H2,14,15). The maximum atomic E-state index is 8.62. The average Bonchev–Trinajstić information content (AvgIpc) is 2.43. The fourth-order valence-corrected chi connectivity index (χ4v) is 1.54. The molecule has 5 heteroatoms. The van der Waals surface area contributed by atoms with Crippen LogP contribution in [0.4, 0.5) is 0 Å². The summed E-state index contributed by atoms with van der Waals surface area (Å²) in [6, 6.07) is 7.71. The quantitative estimate of drug-likeness (QED) is 0.335. The molecule has 1 aromatic rings. The molecule has 0 spiro atoms. The van der Waals surface area contributed by atoms with Crippen molar-refractivity contribution < 1.29 is 14.7 Å². The first-order valence-corrected chi connectivity index (χ1v) is 5.93. The molecule has 0 fully saturated rings. The van der Waals surface area contributed by atoms with Gasteiger partial charge in [0.1, 0.15) is 5.75 Å². The van der Waals surface area contributed by atoms with Crippen LogP contribution in [-0.4, -0.2) is 30.9 Å². The van der Waals surface area contributed by atoms with Crippen LogP contribution >= 0.6 is 0 Å². The summed E-state index contributed by atoms with van der Waals surface area (Å²) in [6.07, 6.45) is 1.11. The zero-order chi connectivity index (χ0) is 13.4. The molecule has 0 saturated heterocycles. The Balaban J connectivity index is 2.62. The van der Waals surface area contributed by atoms with Gasteiger partial charge < -0.3 is 20.4 Å². The molecule has 18 heavy (non-hydrogen) atoms. The smallest absolute Gasteiger partial charge is 0.180 e. The molecule has 0 heterocycles. The Kier molecular flexibility index (Phi) is 6.00. The molecule has 0 bridgehead atoms. The predicted octanol–water partition coefficient (Wildman–Crippen LogP) is 1.78. The lowest BCUT2D eigenvalue weighted by Crippen LogP contribution is -2.33.